The highest BCUT2D eigenvalue weighted by Gasteiger charge is 2.22. The first-order valence-corrected chi connectivity index (χ1v) is 4.63. The Morgan fingerprint density at radius 1 is 1.23 bits per heavy atom. The molecular formula is C10H19NO2. The van der Waals surface area contributed by atoms with Crippen molar-refractivity contribution in [3.8, 4) is 0 Å². The van der Waals surface area contributed by atoms with Crippen LogP contribution in [0.5, 0.6) is 0 Å². The summed E-state index contributed by atoms with van der Waals surface area (Å²) >= 11 is 0. The second-order valence-electron chi connectivity index (χ2n) is 4.28. The van der Waals surface area contributed by atoms with Gasteiger partial charge in [-0.15, -0.1) is 0 Å². The predicted molar refractivity (Wildman–Crippen MR) is 52.4 cm³/mol. The number of nitrogens with two attached hydrogens (primary N) is 1. The van der Waals surface area contributed by atoms with Gasteiger partial charge in [0.05, 0.1) is 6.42 Å². The van der Waals surface area contributed by atoms with Gasteiger partial charge in [-0.05, 0) is 13.0 Å². The number of rotatable bonds is 5. The highest BCUT2D eigenvalue weighted by Crippen LogP contribution is 2.17. The van der Waals surface area contributed by atoms with E-state index in [4.69, 9.17) is 5.73 Å². The molecule has 0 bridgehead atoms. The van der Waals surface area contributed by atoms with Crippen molar-refractivity contribution in [2.75, 3.05) is 6.54 Å². The quantitative estimate of drug-likeness (QED) is 0.657. The van der Waals surface area contributed by atoms with Gasteiger partial charge in [-0.3, -0.25) is 9.59 Å². The van der Waals surface area contributed by atoms with E-state index in [0.29, 0.717) is 19.4 Å². The lowest BCUT2D eigenvalue weighted by Gasteiger charge is -2.15. The maximum atomic E-state index is 11.4. The molecule has 0 aromatic rings. The lowest BCUT2D eigenvalue weighted by molar-refractivity contribution is -0.131. The summed E-state index contributed by atoms with van der Waals surface area (Å²) in [5, 5.41) is 0. The summed E-state index contributed by atoms with van der Waals surface area (Å²) < 4.78 is 0. The van der Waals surface area contributed by atoms with Crippen molar-refractivity contribution in [3.63, 3.8) is 0 Å². The van der Waals surface area contributed by atoms with Crippen molar-refractivity contribution in [1.29, 1.82) is 0 Å². The molecular weight excluding hydrogens is 166 g/mol. The molecule has 0 saturated heterocycles. The minimum absolute atomic E-state index is 0.00498. The summed E-state index contributed by atoms with van der Waals surface area (Å²) in [6, 6.07) is 0. The van der Waals surface area contributed by atoms with Gasteiger partial charge in [0.1, 0.15) is 11.6 Å². The van der Waals surface area contributed by atoms with Gasteiger partial charge in [0.25, 0.3) is 0 Å². The smallest absolute Gasteiger partial charge is 0.145 e. The van der Waals surface area contributed by atoms with Crippen LogP contribution in [-0.2, 0) is 9.59 Å². The van der Waals surface area contributed by atoms with Gasteiger partial charge < -0.3 is 5.73 Å². The second kappa shape index (κ2) is 5.12. The van der Waals surface area contributed by atoms with Gasteiger partial charge in [0, 0.05) is 11.8 Å². The van der Waals surface area contributed by atoms with Crippen LogP contribution in [-0.4, -0.2) is 18.1 Å². The first-order valence-electron chi connectivity index (χ1n) is 4.63. The van der Waals surface area contributed by atoms with E-state index < -0.39 is 5.41 Å². The van der Waals surface area contributed by atoms with Crippen molar-refractivity contribution in [2.24, 2.45) is 11.1 Å². The Labute approximate surface area is 79.7 Å². The Balaban J connectivity index is 3.86. The van der Waals surface area contributed by atoms with E-state index in [0.717, 1.165) is 0 Å². The zero-order valence-electron chi connectivity index (χ0n) is 8.72. The van der Waals surface area contributed by atoms with Crippen LogP contribution in [0.15, 0.2) is 0 Å². The van der Waals surface area contributed by atoms with E-state index in [2.05, 4.69) is 0 Å². The summed E-state index contributed by atoms with van der Waals surface area (Å²) in [5.74, 6) is 0.0138. The molecule has 3 heteroatoms. The fourth-order valence-electron chi connectivity index (χ4n) is 0.832. The topological polar surface area (TPSA) is 60.2 Å². The predicted octanol–water partition coefficient (Wildman–Crippen LogP) is 1.30. The zero-order valence-corrected chi connectivity index (χ0v) is 8.72. The summed E-state index contributed by atoms with van der Waals surface area (Å²) in [6.07, 6.45) is 1.16. The first-order chi connectivity index (χ1) is 5.88. The van der Waals surface area contributed by atoms with E-state index in [1.54, 1.807) is 0 Å². The third-order valence-electron chi connectivity index (χ3n) is 1.85. The molecule has 2 N–H and O–H groups in total. The normalized spacial score (nSPS) is 11.4. The monoisotopic (exact) mass is 185 g/mol. The SMILES string of the molecule is CC(C)(C)C(=O)CC(=O)CCCN. The molecule has 0 rings (SSSR count). The number of hydrogen-bond acceptors (Lipinski definition) is 3. The van der Waals surface area contributed by atoms with Crippen molar-refractivity contribution in [3.05, 3.63) is 0 Å². The summed E-state index contributed by atoms with van der Waals surface area (Å²) in [6.45, 7) is 5.98. The summed E-state index contributed by atoms with van der Waals surface area (Å²) in [4.78, 5) is 22.6. The Kier molecular flexibility index (Phi) is 4.85. The van der Waals surface area contributed by atoms with Crippen LogP contribution >= 0.6 is 0 Å². The minimum atomic E-state index is -0.404. The first kappa shape index (κ1) is 12.3. The Bertz CT molecular complexity index is 192. The van der Waals surface area contributed by atoms with Gasteiger partial charge in [-0.2, -0.15) is 0 Å². The number of carbonyl (C=O) groups is 2. The van der Waals surface area contributed by atoms with Crippen LogP contribution in [0.2, 0.25) is 0 Å². The van der Waals surface area contributed by atoms with Crippen LogP contribution in [0.4, 0.5) is 0 Å². The second-order valence-corrected chi connectivity index (χ2v) is 4.28. The van der Waals surface area contributed by atoms with Crippen LogP contribution in [0.25, 0.3) is 0 Å². The largest absolute Gasteiger partial charge is 0.330 e. The van der Waals surface area contributed by atoms with Gasteiger partial charge in [-0.1, -0.05) is 20.8 Å². The van der Waals surface area contributed by atoms with Gasteiger partial charge in [-0.25, -0.2) is 0 Å². The van der Waals surface area contributed by atoms with E-state index in [9.17, 15) is 9.59 Å². The number of ketones is 2. The van der Waals surface area contributed by atoms with Crippen LogP contribution in [0.1, 0.15) is 40.0 Å². The zero-order chi connectivity index (χ0) is 10.5. The molecule has 0 atom stereocenters. The molecule has 0 spiro atoms. The van der Waals surface area contributed by atoms with E-state index in [-0.39, 0.29) is 18.0 Å². The molecule has 0 aliphatic heterocycles. The van der Waals surface area contributed by atoms with Crippen LogP contribution < -0.4 is 5.73 Å². The average molecular weight is 185 g/mol. The molecule has 0 aromatic heterocycles. The fourth-order valence-corrected chi connectivity index (χ4v) is 0.832. The van der Waals surface area contributed by atoms with Gasteiger partial charge in [0.2, 0.25) is 0 Å². The molecule has 0 fully saturated rings. The molecule has 76 valence electrons. The average Bonchev–Trinajstić information content (AvgIpc) is 1.99. The van der Waals surface area contributed by atoms with Crippen molar-refractivity contribution >= 4 is 11.6 Å². The number of carbonyl (C=O) groups excluding carboxylic acids is 2. The lowest BCUT2D eigenvalue weighted by atomic mass is 9.87. The Morgan fingerprint density at radius 3 is 2.15 bits per heavy atom. The van der Waals surface area contributed by atoms with Crippen molar-refractivity contribution in [1.82, 2.24) is 0 Å². The van der Waals surface area contributed by atoms with Gasteiger partial charge in [0.15, 0.2) is 0 Å². The molecule has 0 aliphatic rings. The number of hydrogen-bond donors (Lipinski definition) is 1. The van der Waals surface area contributed by atoms with Crippen molar-refractivity contribution in [2.45, 2.75) is 40.0 Å². The van der Waals surface area contributed by atoms with E-state index in [1.165, 1.54) is 0 Å². The molecule has 13 heavy (non-hydrogen) atoms. The molecule has 0 saturated carbocycles. The summed E-state index contributed by atoms with van der Waals surface area (Å²) in [7, 11) is 0. The molecule has 0 aliphatic carbocycles. The maximum Gasteiger partial charge on any atom is 0.145 e. The van der Waals surface area contributed by atoms with E-state index in [1.807, 2.05) is 20.8 Å². The number of Topliss-reactive ketones (excluding diaryl/α,β-unsaturated/α-hetero) is 2. The molecule has 0 radical (unpaired) electrons. The molecule has 0 heterocycles. The van der Waals surface area contributed by atoms with Crippen LogP contribution in [0, 0.1) is 5.41 Å². The maximum absolute atomic E-state index is 11.4. The van der Waals surface area contributed by atoms with Crippen LogP contribution in [0.3, 0.4) is 0 Å². The summed E-state index contributed by atoms with van der Waals surface area (Å²) in [5.41, 5.74) is 4.85. The Hall–Kier alpha value is -0.700. The molecule has 0 amide bonds. The highest BCUT2D eigenvalue weighted by atomic mass is 16.1. The third-order valence-corrected chi connectivity index (χ3v) is 1.85. The minimum Gasteiger partial charge on any atom is -0.330 e. The molecule has 0 aromatic carbocycles. The fraction of sp³-hybridized carbons (Fsp3) is 0.800. The van der Waals surface area contributed by atoms with Gasteiger partial charge >= 0.3 is 0 Å². The Morgan fingerprint density at radius 2 is 1.77 bits per heavy atom. The lowest BCUT2D eigenvalue weighted by Crippen LogP contribution is -2.23. The van der Waals surface area contributed by atoms with E-state index >= 15 is 0 Å². The highest BCUT2D eigenvalue weighted by molar-refractivity contribution is 6.01. The molecule has 0 unspecified atom stereocenters. The standard InChI is InChI=1S/C10H19NO2/c1-10(2,3)9(13)7-8(12)5-4-6-11/h4-7,11H2,1-3H3. The van der Waals surface area contributed by atoms with Crippen molar-refractivity contribution < 1.29 is 9.59 Å². The third kappa shape index (κ3) is 5.53. The molecule has 3 nitrogen and oxygen atoms in total.